The summed E-state index contributed by atoms with van der Waals surface area (Å²) >= 11 is 0. The number of aliphatic hydroxyl groups excluding tert-OH is 8. The summed E-state index contributed by atoms with van der Waals surface area (Å²) in [5.74, 6) is -1.66. The van der Waals surface area contributed by atoms with Crippen LogP contribution in [0.25, 0.3) is 0 Å². The first kappa shape index (κ1) is 32.1. The van der Waals surface area contributed by atoms with Crippen LogP contribution in [-0.2, 0) is 28.5 Å². The molecule has 3 saturated heterocycles. The standard InChI is InChI=1S/C21H37N3O15/c1-5(17(32)33)21(4-27)16(31)13(30)10(24)20(39-21)38-15-7(3-26)36-19(9(23)12(15)29)37-14-6(2-25)35-18(34)8(22)11(14)28/h6-16,18-20,25-31,34H,1-4,22-24H2,(H,32,33)/t6-,7-,8-,9-,10-,11-,12-,13-,14?,15?,16+,18-,19+,20+,21+/m1/s1. The maximum absolute atomic E-state index is 11.5. The molecule has 3 fully saturated rings. The third-order valence-corrected chi connectivity index (χ3v) is 7.24. The number of nitrogens with two attached hydrogens (primary N) is 3. The molecule has 18 nitrogen and oxygen atoms in total. The molecule has 15 atom stereocenters. The Balaban J connectivity index is 1.81. The van der Waals surface area contributed by atoms with E-state index in [9.17, 15) is 50.8 Å². The normalized spacial score (nSPS) is 49.0. The first-order chi connectivity index (χ1) is 18.2. The van der Waals surface area contributed by atoms with Crippen molar-refractivity contribution in [2.24, 2.45) is 17.2 Å². The number of carboxylic acid groups (broad SMARTS) is 1. The molecule has 2 unspecified atom stereocenters. The highest BCUT2D eigenvalue weighted by atomic mass is 16.7. The van der Waals surface area contributed by atoms with Gasteiger partial charge in [-0.25, -0.2) is 4.79 Å². The van der Waals surface area contributed by atoms with Crippen LogP contribution in [0.4, 0.5) is 0 Å². The number of rotatable bonds is 9. The minimum Gasteiger partial charge on any atom is -0.478 e. The maximum atomic E-state index is 11.5. The number of aliphatic hydroxyl groups is 8. The fourth-order valence-electron chi connectivity index (χ4n) is 4.74. The molecular weight excluding hydrogens is 534 g/mol. The van der Waals surface area contributed by atoms with Gasteiger partial charge in [0, 0.05) is 0 Å². The molecule has 0 aromatic rings. The average Bonchev–Trinajstić information content (AvgIpc) is 2.92. The zero-order valence-corrected chi connectivity index (χ0v) is 20.6. The van der Waals surface area contributed by atoms with Crippen LogP contribution in [0.15, 0.2) is 12.2 Å². The number of ether oxygens (including phenoxy) is 5. The summed E-state index contributed by atoms with van der Waals surface area (Å²) in [4.78, 5) is 11.5. The Kier molecular flexibility index (Phi) is 10.4. The lowest BCUT2D eigenvalue weighted by molar-refractivity contribution is -0.356. The van der Waals surface area contributed by atoms with Gasteiger partial charge in [-0.05, 0) is 0 Å². The fraction of sp³-hybridized carbons (Fsp3) is 0.857. The minimum absolute atomic E-state index is 0.704. The minimum atomic E-state index is -2.45. The molecule has 18 heteroatoms. The smallest absolute Gasteiger partial charge is 0.334 e. The highest BCUT2D eigenvalue weighted by molar-refractivity contribution is 5.88. The van der Waals surface area contributed by atoms with Gasteiger partial charge < -0.3 is 86.8 Å². The van der Waals surface area contributed by atoms with Gasteiger partial charge in [0.05, 0.1) is 43.5 Å². The van der Waals surface area contributed by atoms with Gasteiger partial charge >= 0.3 is 5.97 Å². The molecule has 0 spiro atoms. The molecule has 3 rings (SSSR count). The van der Waals surface area contributed by atoms with E-state index in [1.165, 1.54) is 0 Å². The zero-order valence-electron chi connectivity index (χ0n) is 20.6. The van der Waals surface area contributed by atoms with Crippen LogP contribution in [0.3, 0.4) is 0 Å². The third-order valence-electron chi connectivity index (χ3n) is 7.24. The van der Waals surface area contributed by atoms with E-state index in [-0.39, 0.29) is 0 Å². The molecule has 3 heterocycles. The van der Waals surface area contributed by atoms with Crippen LogP contribution in [0.5, 0.6) is 0 Å². The molecular formula is C21H37N3O15. The Labute approximate surface area is 221 Å². The monoisotopic (exact) mass is 571 g/mol. The summed E-state index contributed by atoms with van der Waals surface area (Å²) in [7, 11) is 0. The summed E-state index contributed by atoms with van der Waals surface area (Å²) in [6, 6.07) is -4.34. The summed E-state index contributed by atoms with van der Waals surface area (Å²) in [5.41, 5.74) is 14.4. The predicted octanol–water partition coefficient (Wildman–Crippen LogP) is -7.66. The van der Waals surface area contributed by atoms with Gasteiger partial charge in [0.15, 0.2) is 24.5 Å². The van der Waals surface area contributed by atoms with Crippen LogP contribution in [-0.4, -0.2) is 163 Å². The topological polar surface area (TPSA) is 323 Å². The molecule has 0 aromatic heterocycles. The molecule has 39 heavy (non-hydrogen) atoms. The first-order valence-corrected chi connectivity index (χ1v) is 12.0. The second kappa shape index (κ2) is 12.6. The first-order valence-electron chi connectivity index (χ1n) is 12.0. The molecule has 3 aliphatic rings. The van der Waals surface area contributed by atoms with Gasteiger partial charge in [0.25, 0.3) is 0 Å². The number of carboxylic acids is 1. The molecule has 0 bridgehead atoms. The van der Waals surface area contributed by atoms with Crippen LogP contribution in [0, 0.1) is 0 Å². The van der Waals surface area contributed by atoms with Crippen LogP contribution >= 0.6 is 0 Å². The van der Waals surface area contributed by atoms with Crippen molar-refractivity contribution in [3.8, 4) is 0 Å². The Bertz CT molecular complexity index is 866. The van der Waals surface area contributed by atoms with Gasteiger partial charge in [-0.15, -0.1) is 0 Å². The summed E-state index contributed by atoms with van der Waals surface area (Å²) in [5, 5.41) is 90.9. The molecule has 0 aliphatic carbocycles. The van der Waals surface area contributed by atoms with Crippen molar-refractivity contribution >= 4 is 5.97 Å². The van der Waals surface area contributed by atoms with Gasteiger partial charge in [0.1, 0.15) is 48.8 Å². The Hall–Kier alpha value is -1.43. The predicted molar refractivity (Wildman–Crippen MR) is 123 cm³/mol. The SMILES string of the molecule is C=C(C(=O)O)[C@]1(CO)O[C@H](OC2[C@@H](CO)O[C@@H](OC3[C@@H](CO)O[C@@H](O)[C@H](N)[C@H]3O)[C@H](N)[C@H]2O)[C@H](N)[C@@H](O)[C@@H]1O. The molecule has 226 valence electrons. The van der Waals surface area contributed by atoms with Gasteiger partial charge in [0.2, 0.25) is 0 Å². The van der Waals surface area contributed by atoms with Crippen molar-refractivity contribution in [1.82, 2.24) is 0 Å². The largest absolute Gasteiger partial charge is 0.478 e. The van der Waals surface area contributed by atoms with E-state index in [4.69, 9.17) is 40.9 Å². The van der Waals surface area contributed by atoms with Gasteiger partial charge in [-0.2, -0.15) is 0 Å². The molecule has 0 saturated carbocycles. The van der Waals surface area contributed by atoms with Gasteiger partial charge in [-0.1, -0.05) is 6.58 Å². The number of hydrogen-bond acceptors (Lipinski definition) is 17. The molecule has 0 amide bonds. The molecule has 0 aromatic carbocycles. The van der Waals surface area contributed by atoms with Crippen molar-refractivity contribution in [3.63, 3.8) is 0 Å². The van der Waals surface area contributed by atoms with Gasteiger partial charge in [-0.3, -0.25) is 0 Å². The van der Waals surface area contributed by atoms with Crippen molar-refractivity contribution in [2.45, 2.75) is 91.4 Å². The Morgan fingerprint density at radius 1 is 0.795 bits per heavy atom. The van der Waals surface area contributed by atoms with E-state index in [1.807, 2.05) is 0 Å². The lowest BCUT2D eigenvalue weighted by Crippen LogP contribution is -2.72. The summed E-state index contributed by atoms with van der Waals surface area (Å²) in [6.45, 7) is 0.613. The number of carbonyl (C=O) groups is 1. The van der Waals surface area contributed by atoms with E-state index < -0.39 is 123 Å². The molecule has 0 radical (unpaired) electrons. The second-order valence-corrected chi connectivity index (χ2v) is 9.64. The van der Waals surface area contributed by atoms with E-state index >= 15 is 0 Å². The molecule has 3 aliphatic heterocycles. The number of hydrogen-bond donors (Lipinski definition) is 12. The van der Waals surface area contributed by atoms with E-state index in [0.717, 1.165) is 0 Å². The molecule has 15 N–H and O–H groups in total. The van der Waals surface area contributed by atoms with E-state index in [2.05, 4.69) is 6.58 Å². The third kappa shape index (κ3) is 5.83. The maximum Gasteiger partial charge on any atom is 0.334 e. The highest BCUT2D eigenvalue weighted by Crippen LogP contribution is 2.37. The summed E-state index contributed by atoms with van der Waals surface area (Å²) < 4.78 is 27.6. The van der Waals surface area contributed by atoms with Crippen molar-refractivity contribution in [3.05, 3.63) is 12.2 Å². The van der Waals surface area contributed by atoms with Crippen LogP contribution in [0.1, 0.15) is 0 Å². The average molecular weight is 572 g/mol. The fourth-order valence-corrected chi connectivity index (χ4v) is 4.74. The van der Waals surface area contributed by atoms with Crippen molar-refractivity contribution in [2.75, 3.05) is 19.8 Å². The van der Waals surface area contributed by atoms with Crippen LogP contribution in [0.2, 0.25) is 0 Å². The van der Waals surface area contributed by atoms with E-state index in [0.29, 0.717) is 0 Å². The second-order valence-electron chi connectivity index (χ2n) is 9.64. The number of aliphatic carboxylic acids is 1. The lowest BCUT2D eigenvalue weighted by atomic mass is 9.81. The highest BCUT2D eigenvalue weighted by Gasteiger charge is 2.58. The van der Waals surface area contributed by atoms with Crippen molar-refractivity contribution in [1.29, 1.82) is 0 Å². The lowest BCUT2D eigenvalue weighted by Gasteiger charge is -2.51. The Morgan fingerprint density at radius 3 is 1.79 bits per heavy atom. The van der Waals surface area contributed by atoms with Crippen LogP contribution < -0.4 is 17.2 Å². The quantitative estimate of drug-likeness (QED) is 0.114. The Morgan fingerprint density at radius 2 is 1.28 bits per heavy atom. The van der Waals surface area contributed by atoms with E-state index in [1.54, 1.807) is 0 Å². The zero-order chi connectivity index (χ0) is 29.4. The van der Waals surface area contributed by atoms with Crippen molar-refractivity contribution < 1.29 is 74.4 Å². The summed E-state index contributed by atoms with van der Waals surface area (Å²) in [6.07, 6.45) is -17.8.